The van der Waals surface area contributed by atoms with E-state index in [1.165, 1.54) is 4.90 Å². The van der Waals surface area contributed by atoms with E-state index in [4.69, 9.17) is 9.47 Å². The maximum atomic E-state index is 12.8. The number of imide groups is 1. The molecule has 2 heterocycles. The molecule has 0 bridgehead atoms. The summed E-state index contributed by atoms with van der Waals surface area (Å²) in [7, 11) is 0. The van der Waals surface area contributed by atoms with Gasteiger partial charge in [0, 0.05) is 12.0 Å². The lowest BCUT2D eigenvalue weighted by atomic mass is 9.96. The van der Waals surface area contributed by atoms with E-state index < -0.39 is 6.10 Å². The van der Waals surface area contributed by atoms with Crippen LogP contribution in [0.4, 0.5) is 0 Å². The van der Waals surface area contributed by atoms with Crippen LogP contribution in [0.1, 0.15) is 33.6 Å². The Morgan fingerprint density at radius 2 is 1.96 bits per heavy atom. The summed E-state index contributed by atoms with van der Waals surface area (Å²) in [4.78, 5) is 26.6. The Morgan fingerprint density at radius 1 is 1.19 bits per heavy atom. The fourth-order valence-corrected chi connectivity index (χ4v) is 3.00. The number of hydrogen-bond donors (Lipinski definition) is 0. The first-order valence-electron chi connectivity index (χ1n) is 9.20. The molecule has 1 unspecified atom stereocenters. The smallest absolute Gasteiger partial charge is 0.260 e. The minimum absolute atomic E-state index is 0.154. The average Bonchev–Trinajstić information content (AvgIpc) is 2.66. The molecule has 0 saturated carbocycles. The van der Waals surface area contributed by atoms with Crippen molar-refractivity contribution in [3.05, 3.63) is 71.8 Å². The summed E-state index contributed by atoms with van der Waals surface area (Å²) < 4.78 is 11.7. The van der Waals surface area contributed by atoms with Crippen LogP contribution in [0.3, 0.4) is 0 Å². The molecule has 1 atom stereocenters. The van der Waals surface area contributed by atoms with Gasteiger partial charge in [0.1, 0.15) is 6.61 Å². The molecule has 0 aromatic heterocycles. The van der Waals surface area contributed by atoms with Gasteiger partial charge in [-0.25, -0.2) is 0 Å². The van der Waals surface area contributed by atoms with Gasteiger partial charge in [0.2, 0.25) is 5.91 Å². The molecule has 0 aromatic rings. The van der Waals surface area contributed by atoms with Crippen molar-refractivity contribution in [3.63, 3.8) is 0 Å². The highest BCUT2D eigenvalue weighted by atomic mass is 16.6. The van der Waals surface area contributed by atoms with E-state index in [9.17, 15) is 9.59 Å². The van der Waals surface area contributed by atoms with E-state index in [0.29, 0.717) is 23.5 Å². The van der Waals surface area contributed by atoms with Crippen LogP contribution in [0.25, 0.3) is 0 Å². The van der Waals surface area contributed by atoms with Crippen molar-refractivity contribution >= 4 is 11.8 Å². The summed E-state index contributed by atoms with van der Waals surface area (Å²) in [6.07, 6.45) is 13.0. The van der Waals surface area contributed by atoms with Gasteiger partial charge < -0.3 is 9.47 Å². The van der Waals surface area contributed by atoms with Gasteiger partial charge in [-0.3, -0.25) is 14.5 Å². The second kappa shape index (κ2) is 9.76. The van der Waals surface area contributed by atoms with Gasteiger partial charge in [0.05, 0.1) is 6.54 Å². The molecular weight excluding hydrogens is 342 g/mol. The molecule has 2 rings (SSSR count). The average molecular weight is 369 g/mol. The van der Waals surface area contributed by atoms with Gasteiger partial charge >= 0.3 is 0 Å². The maximum absolute atomic E-state index is 12.8. The number of carbonyl (C=O) groups is 2. The monoisotopic (exact) mass is 369 g/mol. The van der Waals surface area contributed by atoms with Gasteiger partial charge in [-0.05, 0) is 38.0 Å². The molecule has 0 aromatic carbocycles. The molecule has 0 N–H and O–H groups in total. The fraction of sp³-hybridized carbons (Fsp3) is 0.364. The topological polar surface area (TPSA) is 55.8 Å². The number of amides is 2. The predicted octanol–water partition coefficient (Wildman–Crippen LogP) is 3.97. The summed E-state index contributed by atoms with van der Waals surface area (Å²) >= 11 is 0. The van der Waals surface area contributed by atoms with Crippen LogP contribution >= 0.6 is 0 Å². The van der Waals surface area contributed by atoms with E-state index in [2.05, 4.69) is 6.58 Å². The van der Waals surface area contributed by atoms with E-state index in [1.807, 2.05) is 45.1 Å². The quantitative estimate of drug-likeness (QED) is 0.665. The summed E-state index contributed by atoms with van der Waals surface area (Å²) in [5.41, 5.74) is 1.48. The number of hydrogen-bond acceptors (Lipinski definition) is 4. The lowest BCUT2D eigenvalue weighted by Gasteiger charge is -2.34. The lowest BCUT2D eigenvalue weighted by Crippen LogP contribution is -2.47. The Balaban J connectivity index is 2.18. The number of ether oxygens (including phenoxy) is 2. The molecule has 1 saturated heterocycles. The van der Waals surface area contributed by atoms with Crippen molar-refractivity contribution in [2.45, 2.75) is 39.7 Å². The second-order valence-electron chi connectivity index (χ2n) is 6.23. The first kappa shape index (κ1) is 20.5. The predicted molar refractivity (Wildman–Crippen MR) is 105 cm³/mol. The Morgan fingerprint density at radius 3 is 2.59 bits per heavy atom. The van der Waals surface area contributed by atoms with E-state index in [0.717, 1.165) is 5.57 Å². The molecular formula is C22H27NO4. The summed E-state index contributed by atoms with van der Waals surface area (Å²) in [6.45, 7) is 9.84. The van der Waals surface area contributed by atoms with Crippen LogP contribution < -0.4 is 0 Å². The van der Waals surface area contributed by atoms with Crippen molar-refractivity contribution < 1.29 is 19.1 Å². The summed E-state index contributed by atoms with van der Waals surface area (Å²) in [5, 5.41) is 0. The SMILES string of the molecule is C=C/C=C1/OC(CN2C(=O)CC(CC)=C(/C=C\C)C2=O)CO/C1=C/C=C\C. The lowest BCUT2D eigenvalue weighted by molar-refractivity contribution is -0.146. The highest BCUT2D eigenvalue weighted by Crippen LogP contribution is 2.27. The van der Waals surface area contributed by atoms with Crippen LogP contribution in [0, 0.1) is 0 Å². The standard InChI is InChI=1S/C22H27NO4/c1-5-9-12-19-20(11-7-3)27-17(15-26-19)14-23-21(24)13-16(8-4)18(10-6-2)22(23)25/h5-7,9-12,17H,3,8,13-15H2,1-2,4H3/b9-5-,10-6-,19-12+,20-11+. The van der Waals surface area contributed by atoms with E-state index in [-0.39, 0.29) is 31.4 Å². The molecule has 5 nitrogen and oxygen atoms in total. The first-order chi connectivity index (χ1) is 13.0. The fourth-order valence-electron chi connectivity index (χ4n) is 3.00. The van der Waals surface area contributed by atoms with Crippen molar-refractivity contribution in [1.29, 1.82) is 0 Å². The molecule has 144 valence electrons. The summed E-state index contributed by atoms with van der Waals surface area (Å²) in [5.74, 6) is 0.672. The Hall–Kier alpha value is -2.82. The zero-order chi connectivity index (χ0) is 19.8. The zero-order valence-electron chi connectivity index (χ0n) is 16.2. The number of allylic oxidation sites excluding steroid dienone is 6. The van der Waals surface area contributed by atoms with Crippen LogP contribution in [0.2, 0.25) is 0 Å². The molecule has 1 fully saturated rings. The Bertz CT molecular complexity index is 752. The van der Waals surface area contributed by atoms with Crippen molar-refractivity contribution in [1.82, 2.24) is 4.90 Å². The molecule has 0 radical (unpaired) electrons. The van der Waals surface area contributed by atoms with Crippen LogP contribution in [0.5, 0.6) is 0 Å². The zero-order valence-corrected chi connectivity index (χ0v) is 16.2. The Labute approximate surface area is 161 Å². The molecule has 2 aliphatic rings. The third kappa shape index (κ3) is 4.88. The molecule has 2 aliphatic heterocycles. The van der Waals surface area contributed by atoms with Crippen molar-refractivity contribution in [3.8, 4) is 0 Å². The van der Waals surface area contributed by atoms with Gasteiger partial charge in [-0.1, -0.05) is 43.9 Å². The number of carbonyl (C=O) groups excluding carboxylic acids is 2. The van der Waals surface area contributed by atoms with Gasteiger partial charge in [-0.2, -0.15) is 0 Å². The van der Waals surface area contributed by atoms with Crippen LogP contribution in [0.15, 0.2) is 71.8 Å². The number of rotatable bonds is 6. The minimum Gasteiger partial charge on any atom is -0.486 e. The van der Waals surface area contributed by atoms with E-state index >= 15 is 0 Å². The largest absolute Gasteiger partial charge is 0.486 e. The summed E-state index contributed by atoms with van der Waals surface area (Å²) in [6, 6.07) is 0. The van der Waals surface area contributed by atoms with Gasteiger partial charge in [0.15, 0.2) is 17.6 Å². The maximum Gasteiger partial charge on any atom is 0.260 e. The third-order valence-corrected chi connectivity index (χ3v) is 4.34. The van der Waals surface area contributed by atoms with E-state index in [1.54, 1.807) is 18.2 Å². The normalized spacial score (nSPS) is 24.3. The molecule has 5 heteroatoms. The molecule has 27 heavy (non-hydrogen) atoms. The van der Waals surface area contributed by atoms with Gasteiger partial charge in [-0.15, -0.1) is 0 Å². The highest BCUT2D eigenvalue weighted by Gasteiger charge is 2.35. The van der Waals surface area contributed by atoms with Crippen molar-refractivity contribution in [2.75, 3.05) is 13.2 Å². The Kier molecular flexibility index (Phi) is 7.41. The number of nitrogens with zero attached hydrogens (tertiary/aromatic N) is 1. The molecule has 2 amide bonds. The first-order valence-corrected chi connectivity index (χ1v) is 9.20. The molecule has 0 spiro atoms. The second-order valence-corrected chi connectivity index (χ2v) is 6.23. The third-order valence-electron chi connectivity index (χ3n) is 4.34. The van der Waals surface area contributed by atoms with Crippen LogP contribution in [-0.2, 0) is 19.1 Å². The van der Waals surface area contributed by atoms with Gasteiger partial charge in [0.25, 0.3) is 5.91 Å². The van der Waals surface area contributed by atoms with Crippen LogP contribution in [-0.4, -0.2) is 36.0 Å². The highest BCUT2D eigenvalue weighted by molar-refractivity contribution is 6.10. The van der Waals surface area contributed by atoms with Crippen molar-refractivity contribution in [2.24, 2.45) is 0 Å². The minimum atomic E-state index is -0.429. The molecule has 0 aliphatic carbocycles.